The molecule has 58 valence electrons. The molecule has 0 aliphatic carbocycles. The van der Waals surface area contributed by atoms with Gasteiger partial charge in [-0.25, -0.2) is 0 Å². The molecule has 0 bridgehead atoms. The Hall–Kier alpha value is -1.57. The van der Waals surface area contributed by atoms with Gasteiger partial charge in [0.05, 0.1) is 0 Å². The fourth-order valence-electron chi connectivity index (χ4n) is 0.481. The Kier molecular flexibility index (Phi) is 5.61. The Labute approximate surface area is 66.6 Å². The summed E-state index contributed by atoms with van der Waals surface area (Å²) in [6, 6.07) is 0. The van der Waals surface area contributed by atoms with Crippen LogP contribution in [0.1, 0.15) is 0 Å². The molecule has 0 aromatic heterocycles. The van der Waals surface area contributed by atoms with Crippen molar-refractivity contribution in [1.29, 1.82) is 0 Å². The number of carbonyl (C=O) groups is 1. The van der Waals surface area contributed by atoms with Gasteiger partial charge in [-0.15, -0.1) is 0 Å². The summed E-state index contributed by atoms with van der Waals surface area (Å²) >= 11 is 0. The fraction of sp³-hybridized carbons (Fsp3) is 0. The van der Waals surface area contributed by atoms with Crippen LogP contribution in [0.2, 0.25) is 0 Å². The topological polar surface area (TPSA) is 29.1 Å². The van der Waals surface area contributed by atoms with Gasteiger partial charge < -0.3 is 5.32 Å². The molecular formula is C9H11NO. The molecule has 1 amide bonds. The van der Waals surface area contributed by atoms with Crippen molar-refractivity contribution < 1.29 is 4.79 Å². The van der Waals surface area contributed by atoms with E-state index < -0.39 is 0 Å². The van der Waals surface area contributed by atoms with Crippen LogP contribution >= 0.6 is 0 Å². The molecule has 0 unspecified atom stereocenters. The van der Waals surface area contributed by atoms with Gasteiger partial charge in [-0.3, -0.25) is 4.79 Å². The molecule has 0 saturated carbocycles. The molecule has 0 aromatic carbocycles. The predicted octanol–water partition coefficient (Wildman–Crippen LogP) is 1.54. The first-order valence-electron chi connectivity index (χ1n) is 3.17. The number of nitrogens with one attached hydrogen (secondary N) is 1. The largest absolute Gasteiger partial charge is 0.329 e. The number of hydrogen-bond donors (Lipinski definition) is 1. The van der Waals surface area contributed by atoms with Crippen molar-refractivity contribution in [3.05, 3.63) is 49.2 Å². The minimum absolute atomic E-state index is 0.606. The van der Waals surface area contributed by atoms with Gasteiger partial charge >= 0.3 is 0 Å². The van der Waals surface area contributed by atoms with Crippen LogP contribution in [0.25, 0.3) is 0 Å². The summed E-state index contributed by atoms with van der Waals surface area (Å²) in [6.45, 7) is 7.01. The maximum atomic E-state index is 9.96. The van der Waals surface area contributed by atoms with Crippen molar-refractivity contribution in [1.82, 2.24) is 5.32 Å². The van der Waals surface area contributed by atoms with Crippen molar-refractivity contribution in [2.45, 2.75) is 0 Å². The number of amides is 1. The second kappa shape index (κ2) is 6.55. The highest BCUT2D eigenvalue weighted by molar-refractivity contribution is 5.52. The van der Waals surface area contributed by atoms with Crippen LogP contribution < -0.4 is 5.32 Å². The molecule has 0 aromatic rings. The quantitative estimate of drug-likeness (QED) is 0.466. The Morgan fingerprint density at radius 3 is 2.45 bits per heavy atom. The zero-order chi connectivity index (χ0) is 8.53. The SMILES string of the molecule is C=C/C=C\C=C(/C=C)NC=O. The molecular weight excluding hydrogens is 138 g/mol. The Bertz CT molecular complexity index is 202. The lowest BCUT2D eigenvalue weighted by Gasteiger charge is -1.93. The molecule has 11 heavy (non-hydrogen) atoms. The van der Waals surface area contributed by atoms with E-state index in [1.165, 1.54) is 0 Å². The molecule has 0 aliphatic heterocycles. The number of carbonyl (C=O) groups excluding carboxylic acids is 1. The van der Waals surface area contributed by atoms with Crippen LogP contribution in [0, 0.1) is 0 Å². The van der Waals surface area contributed by atoms with Gasteiger partial charge in [0.1, 0.15) is 0 Å². The molecule has 0 atom stereocenters. The smallest absolute Gasteiger partial charge is 0.211 e. The van der Waals surface area contributed by atoms with Gasteiger partial charge in [-0.05, 0) is 12.2 Å². The van der Waals surface area contributed by atoms with Gasteiger partial charge in [0, 0.05) is 5.70 Å². The van der Waals surface area contributed by atoms with Crippen molar-refractivity contribution in [3.8, 4) is 0 Å². The molecule has 2 heteroatoms. The lowest BCUT2D eigenvalue weighted by Crippen LogP contribution is -2.06. The van der Waals surface area contributed by atoms with E-state index in [0.717, 1.165) is 0 Å². The van der Waals surface area contributed by atoms with Gasteiger partial charge in [0.15, 0.2) is 0 Å². The van der Waals surface area contributed by atoms with Crippen molar-refractivity contribution >= 4 is 6.41 Å². The maximum absolute atomic E-state index is 9.96. The average Bonchev–Trinajstić information content (AvgIpc) is 2.03. The Balaban J connectivity index is 4.09. The lowest BCUT2D eigenvalue weighted by molar-refractivity contribution is -0.108. The van der Waals surface area contributed by atoms with Gasteiger partial charge in [0.2, 0.25) is 6.41 Å². The number of rotatable bonds is 5. The summed E-state index contributed by atoms with van der Waals surface area (Å²) in [4.78, 5) is 9.96. The second-order valence-corrected chi connectivity index (χ2v) is 1.71. The van der Waals surface area contributed by atoms with E-state index >= 15 is 0 Å². The summed E-state index contributed by atoms with van der Waals surface area (Å²) in [7, 11) is 0. The zero-order valence-corrected chi connectivity index (χ0v) is 6.29. The van der Waals surface area contributed by atoms with Crippen LogP contribution in [0.5, 0.6) is 0 Å². The highest BCUT2D eigenvalue weighted by Gasteiger charge is 1.81. The molecule has 0 spiro atoms. The molecule has 1 N–H and O–H groups in total. The first-order chi connectivity index (χ1) is 5.35. The van der Waals surface area contributed by atoms with Gasteiger partial charge in [-0.1, -0.05) is 31.4 Å². The maximum Gasteiger partial charge on any atom is 0.211 e. The van der Waals surface area contributed by atoms with Crippen LogP contribution in [0.15, 0.2) is 49.2 Å². The summed E-state index contributed by atoms with van der Waals surface area (Å²) < 4.78 is 0. The molecule has 0 saturated heterocycles. The van der Waals surface area contributed by atoms with E-state index in [0.29, 0.717) is 12.1 Å². The van der Waals surface area contributed by atoms with E-state index in [-0.39, 0.29) is 0 Å². The highest BCUT2D eigenvalue weighted by atomic mass is 16.1. The van der Waals surface area contributed by atoms with Gasteiger partial charge in [-0.2, -0.15) is 0 Å². The first kappa shape index (κ1) is 9.43. The normalized spacial score (nSPS) is 11.1. The summed E-state index contributed by atoms with van der Waals surface area (Å²) in [6.07, 6.45) is 9.06. The van der Waals surface area contributed by atoms with Crippen LogP contribution in [0.3, 0.4) is 0 Å². The van der Waals surface area contributed by atoms with Crippen LogP contribution in [0.4, 0.5) is 0 Å². The second-order valence-electron chi connectivity index (χ2n) is 1.71. The molecule has 0 heterocycles. The van der Waals surface area contributed by atoms with E-state index in [1.54, 1.807) is 30.4 Å². The van der Waals surface area contributed by atoms with Crippen LogP contribution in [-0.4, -0.2) is 6.41 Å². The lowest BCUT2D eigenvalue weighted by atomic mass is 10.3. The van der Waals surface area contributed by atoms with E-state index in [2.05, 4.69) is 18.5 Å². The summed E-state index contributed by atoms with van der Waals surface area (Å²) in [5.41, 5.74) is 0.665. The fourth-order valence-corrected chi connectivity index (χ4v) is 0.481. The van der Waals surface area contributed by atoms with Crippen molar-refractivity contribution in [3.63, 3.8) is 0 Å². The molecule has 2 nitrogen and oxygen atoms in total. The zero-order valence-electron chi connectivity index (χ0n) is 6.29. The Morgan fingerprint density at radius 2 is 2.00 bits per heavy atom. The standard InChI is InChI=1S/C9H11NO/c1-3-5-6-7-9(4-2)10-8-11/h3-8H,1-2H2,(H,10,11)/b6-5-,9-7+. The third kappa shape index (κ3) is 4.90. The van der Waals surface area contributed by atoms with Crippen molar-refractivity contribution in [2.24, 2.45) is 0 Å². The van der Waals surface area contributed by atoms with Crippen molar-refractivity contribution in [2.75, 3.05) is 0 Å². The van der Waals surface area contributed by atoms with E-state index in [1.807, 2.05) is 0 Å². The predicted molar refractivity (Wildman–Crippen MR) is 46.8 cm³/mol. The van der Waals surface area contributed by atoms with Crippen LogP contribution in [-0.2, 0) is 4.79 Å². The average molecular weight is 149 g/mol. The Morgan fingerprint density at radius 1 is 1.27 bits per heavy atom. The third-order valence-corrected chi connectivity index (χ3v) is 0.968. The van der Waals surface area contributed by atoms with E-state index in [9.17, 15) is 4.79 Å². The minimum Gasteiger partial charge on any atom is -0.329 e. The number of hydrogen-bond acceptors (Lipinski definition) is 1. The monoisotopic (exact) mass is 149 g/mol. The summed E-state index contributed by atoms with van der Waals surface area (Å²) in [5.74, 6) is 0. The number of allylic oxidation sites excluding steroid dienone is 5. The molecule has 0 fully saturated rings. The first-order valence-corrected chi connectivity index (χ1v) is 3.17. The van der Waals surface area contributed by atoms with Gasteiger partial charge in [0.25, 0.3) is 0 Å². The summed E-state index contributed by atoms with van der Waals surface area (Å²) in [5, 5.41) is 2.47. The molecule has 0 aliphatic rings. The molecule has 0 rings (SSSR count). The minimum atomic E-state index is 0.606. The third-order valence-electron chi connectivity index (χ3n) is 0.968. The molecule has 0 radical (unpaired) electrons. The van der Waals surface area contributed by atoms with E-state index in [4.69, 9.17) is 0 Å². The highest BCUT2D eigenvalue weighted by Crippen LogP contribution is 1.89.